The van der Waals surface area contributed by atoms with Crippen LogP contribution in [0.25, 0.3) is 0 Å². The Balaban J connectivity index is 2.26. The number of nitrogens with one attached hydrogen (secondary N) is 1. The third kappa shape index (κ3) is 2.53. The van der Waals surface area contributed by atoms with E-state index in [1.165, 1.54) is 5.56 Å². The van der Waals surface area contributed by atoms with Crippen LogP contribution < -0.4 is 10.2 Å². The molecule has 0 aromatic heterocycles. The fourth-order valence-corrected chi connectivity index (χ4v) is 2.23. The Morgan fingerprint density at radius 1 is 1.39 bits per heavy atom. The number of anilines is 2. The molecule has 0 fully saturated rings. The van der Waals surface area contributed by atoms with Gasteiger partial charge >= 0.3 is 0 Å². The lowest BCUT2D eigenvalue weighted by Crippen LogP contribution is -2.36. The maximum absolute atomic E-state index is 11.9. The monoisotopic (exact) mass is 246 g/mol. The Bertz CT molecular complexity index is 483. The van der Waals surface area contributed by atoms with Crippen molar-refractivity contribution in [2.45, 2.75) is 26.2 Å². The molecule has 0 spiro atoms. The number of Topliss-reactive ketones (excluding diaryl/α,β-unsaturated/α-hetero) is 1. The molecule has 1 heterocycles. The van der Waals surface area contributed by atoms with Crippen molar-refractivity contribution in [1.82, 2.24) is 0 Å². The number of ketones is 1. The summed E-state index contributed by atoms with van der Waals surface area (Å²) in [6, 6.07) is 5.99. The average molecular weight is 246 g/mol. The van der Waals surface area contributed by atoms with Gasteiger partial charge in [0.1, 0.15) is 5.78 Å². The number of hydrogen-bond donors (Lipinski definition) is 1. The predicted molar refractivity (Wildman–Crippen MR) is 72.0 cm³/mol. The number of rotatable bonds is 4. The fraction of sp³-hybridized carbons (Fsp3) is 0.429. The first kappa shape index (κ1) is 12.6. The molecule has 1 N–H and O–H groups in total. The Hall–Kier alpha value is -1.84. The molecule has 0 saturated carbocycles. The second-order valence-electron chi connectivity index (χ2n) is 4.59. The number of fused-ring (bicyclic) bond motifs is 1. The molecule has 0 saturated heterocycles. The third-order valence-corrected chi connectivity index (χ3v) is 3.26. The van der Waals surface area contributed by atoms with E-state index >= 15 is 0 Å². The number of carbonyl (C=O) groups excluding carboxylic acids is 2. The third-order valence-electron chi connectivity index (χ3n) is 3.26. The zero-order valence-corrected chi connectivity index (χ0v) is 10.8. The summed E-state index contributed by atoms with van der Waals surface area (Å²) >= 11 is 0. The summed E-state index contributed by atoms with van der Waals surface area (Å²) in [5, 5.41) is 3.10. The van der Waals surface area contributed by atoms with Crippen LogP contribution in [0.3, 0.4) is 0 Å². The van der Waals surface area contributed by atoms with Crippen molar-refractivity contribution < 1.29 is 9.59 Å². The topological polar surface area (TPSA) is 49.4 Å². The highest BCUT2D eigenvalue weighted by atomic mass is 16.2. The SMILES string of the molecule is CNc1ccc2c(c1)CCC(=O)N2CCC(C)=O. The van der Waals surface area contributed by atoms with Gasteiger partial charge in [-0.25, -0.2) is 0 Å². The molecular weight excluding hydrogens is 228 g/mol. The minimum atomic E-state index is 0.112. The summed E-state index contributed by atoms with van der Waals surface area (Å²) < 4.78 is 0. The summed E-state index contributed by atoms with van der Waals surface area (Å²) in [6.45, 7) is 2.04. The van der Waals surface area contributed by atoms with E-state index in [0.29, 0.717) is 19.4 Å². The van der Waals surface area contributed by atoms with Crippen LogP contribution in [0, 0.1) is 0 Å². The van der Waals surface area contributed by atoms with Crippen LogP contribution in [0.15, 0.2) is 18.2 Å². The van der Waals surface area contributed by atoms with Crippen molar-refractivity contribution in [3.63, 3.8) is 0 Å². The number of carbonyl (C=O) groups is 2. The molecule has 96 valence electrons. The van der Waals surface area contributed by atoms with Crippen molar-refractivity contribution in [3.8, 4) is 0 Å². The van der Waals surface area contributed by atoms with Gasteiger partial charge in [0.2, 0.25) is 5.91 Å². The van der Waals surface area contributed by atoms with Gasteiger partial charge < -0.3 is 10.2 Å². The average Bonchev–Trinajstić information content (AvgIpc) is 2.36. The molecule has 1 amide bonds. The van der Waals surface area contributed by atoms with Gasteiger partial charge in [-0.1, -0.05) is 0 Å². The lowest BCUT2D eigenvalue weighted by atomic mass is 10.00. The van der Waals surface area contributed by atoms with E-state index < -0.39 is 0 Å². The molecule has 4 heteroatoms. The van der Waals surface area contributed by atoms with Gasteiger partial charge in [0, 0.05) is 37.8 Å². The molecule has 0 bridgehead atoms. The number of hydrogen-bond acceptors (Lipinski definition) is 3. The van der Waals surface area contributed by atoms with Gasteiger partial charge in [0.25, 0.3) is 0 Å². The molecule has 0 unspecified atom stereocenters. The van der Waals surface area contributed by atoms with Crippen molar-refractivity contribution in [3.05, 3.63) is 23.8 Å². The van der Waals surface area contributed by atoms with Gasteiger partial charge in [0.05, 0.1) is 0 Å². The van der Waals surface area contributed by atoms with Crippen molar-refractivity contribution >= 4 is 23.1 Å². The van der Waals surface area contributed by atoms with Crippen LogP contribution in [-0.2, 0) is 16.0 Å². The van der Waals surface area contributed by atoms with Crippen molar-refractivity contribution in [1.29, 1.82) is 0 Å². The van der Waals surface area contributed by atoms with Gasteiger partial charge in [-0.15, -0.1) is 0 Å². The van der Waals surface area contributed by atoms with E-state index in [0.717, 1.165) is 17.8 Å². The van der Waals surface area contributed by atoms with E-state index in [9.17, 15) is 9.59 Å². The molecule has 0 radical (unpaired) electrons. The lowest BCUT2D eigenvalue weighted by Gasteiger charge is -2.29. The molecule has 0 atom stereocenters. The van der Waals surface area contributed by atoms with Crippen LogP contribution >= 0.6 is 0 Å². The van der Waals surface area contributed by atoms with Gasteiger partial charge in [-0.05, 0) is 37.1 Å². The van der Waals surface area contributed by atoms with Crippen molar-refractivity contribution in [2.24, 2.45) is 0 Å². The number of amides is 1. The highest BCUT2D eigenvalue weighted by Crippen LogP contribution is 2.30. The standard InChI is InChI=1S/C14H18N2O2/c1-10(17)7-8-16-13-5-4-12(15-2)9-11(13)3-6-14(16)18/h4-5,9,15H,3,6-8H2,1-2H3. The molecule has 1 aliphatic heterocycles. The lowest BCUT2D eigenvalue weighted by molar-refractivity contribution is -0.119. The van der Waals surface area contributed by atoms with Gasteiger partial charge in [-0.2, -0.15) is 0 Å². The zero-order chi connectivity index (χ0) is 13.1. The Morgan fingerprint density at radius 2 is 2.17 bits per heavy atom. The predicted octanol–water partition coefficient (Wildman–Crippen LogP) is 1.99. The summed E-state index contributed by atoms with van der Waals surface area (Å²) in [5.74, 6) is 0.225. The fourth-order valence-electron chi connectivity index (χ4n) is 2.23. The summed E-state index contributed by atoms with van der Waals surface area (Å²) in [7, 11) is 1.88. The molecule has 4 nitrogen and oxygen atoms in total. The first-order valence-corrected chi connectivity index (χ1v) is 6.22. The minimum absolute atomic E-state index is 0.112. The number of benzene rings is 1. The van der Waals surface area contributed by atoms with E-state index in [2.05, 4.69) is 11.4 Å². The van der Waals surface area contributed by atoms with Crippen molar-refractivity contribution in [2.75, 3.05) is 23.8 Å². The summed E-state index contributed by atoms with van der Waals surface area (Å²) in [6.07, 6.45) is 1.72. The highest BCUT2D eigenvalue weighted by Gasteiger charge is 2.24. The maximum Gasteiger partial charge on any atom is 0.227 e. The quantitative estimate of drug-likeness (QED) is 0.883. The zero-order valence-electron chi connectivity index (χ0n) is 10.8. The van der Waals surface area contributed by atoms with E-state index in [1.807, 2.05) is 19.2 Å². The first-order chi connectivity index (χ1) is 8.61. The Kier molecular flexibility index (Phi) is 3.65. The molecule has 0 aliphatic carbocycles. The molecule has 18 heavy (non-hydrogen) atoms. The molecule has 2 rings (SSSR count). The minimum Gasteiger partial charge on any atom is -0.388 e. The summed E-state index contributed by atoms with van der Waals surface area (Å²) in [4.78, 5) is 24.7. The van der Waals surface area contributed by atoms with Crippen LogP contribution in [-0.4, -0.2) is 25.3 Å². The number of nitrogens with zero attached hydrogens (tertiary/aromatic N) is 1. The molecule has 1 aliphatic rings. The Morgan fingerprint density at radius 3 is 2.83 bits per heavy atom. The molecule has 1 aromatic rings. The van der Waals surface area contributed by atoms with E-state index in [4.69, 9.17) is 0 Å². The van der Waals surface area contributed by atoms with E-state index in [1.54, 1.807) is 11.8 Å². The largest absolute Gasteiger partial charge is 0.388 e. The van der Waals surface area contributed by atoms with Gasteiger partial charge in [0.15, 0.2) is 0 Å². The second-order valence-corrected chi connectivity index (χ2v) is 4.59. The first-order valence-electron chi connectivity index (χ1n) is 6.22. The highest BCUT2D eigenvalue weighted by molar-refractivity contribution is 5.97. The smallest absolute Gasteiger partial charge is 0.227 e. The maximum atomic E-state index is 11.9. The van der Waals surface area contributed by atoms with Crippen LogP contribution in [0.4, 0.5) is 11.4 Å². The summed E-state index contributed by atoms with van der Waals surface area (Å²) in [5.41, 5.74) is 3.17. The van der Waals surface area contributed by atoms with Crippen LogP contribution in [0.1, 0.15) is 25.3 Å². The normalized spacial score (nSPS) is 14.3. The van der Waals surface area contributed by atoms with Crippen LogP contribution in [0.5, 0.6) is 0 Å². The number of aryl methyl sites for hydroxylation is 1. The molecule has 1 aromatic carbocycles. The van der Waals surface area contributed by atoms with Gasteiger partial charge in [-0.3, -0.25) is 9.59 Å². The Labute approximate surface area is 107 Å². The molecular formula is C14H18N2O2. The van der Waals surface area contributed by atoms with Crippen LogP contribution in [0.2, 0.25) is 0 Å². The van der Waals surface area contributed by atoms with E-state index in [-0.39, 0.29) is 11.7 Å². The second kappa shape index (κ2) is 5.21.